The van der Waals surface area contributed by atoms with E-state index in [4.69, 9.17) is 11.5 Å². The maximum Gasteiger partial charge on any atom is 0.240 e. The molecule has 1 aliphatic rings. The molecule has 92 valence electrons. The number of aryl methyl sites for hydroxylation is 1. The summed E-state index contributed by atoms with van der Waals surface area (Å²) < 4.78 is 0. The summed E-state index contributed by atoms with van der Waals surface area (Å²) >= 11 is 0. The SMILES string of the molecule is Cc1cc(N2CC(O)CC2C(N)=O)ccc1N. The number of aliphatic hydroxyl groups is 1. The topological polar surface area (TPSA) is 92.6 Å². The number of anilines is 2. The maximum absolute atomic E-state index is 11.3. The Labute approximate surface area is 100 Å². The Morgan fingerprint density at radius 3 is 2.82 bits per heavy atom. The second kappa shape index (κ2) is 4.25. The number of nitrogens with zero attached hydrogens (tertiary/aromatic N) is 1. The van der Waals surface area contributed by atoms with Gasteiger partial charge in [0.05, 0.1) is 6.10 Å². The lowest BCUT2D eigenvalue weighted by Crippen LogP contribution is -2.40. The highest BCUT2D eigenvalue weighted by atomic mass is 16.3. The van der Waals surface area contributed by atoms with Crippen molar-refractivity contribution in [1.29, 1.82) is 0 Å². The number of rotatable bonds is 2. The second-order valence-corrected chi connectivity index (χ2v) is 4.50. The predicted molar refractivity (Wildman–Crippen MR) is 66.5 cm³/mol. The van der Waals surface area contributed by atoms with Crippen molar-refractivity contribution in [2.75, 3.05) is 17.2 Å². The van der Waals surface area contributed by atoms with Gasteiger partial charge in [-0.05, 0) is 30.7 Å². The normalized spacial score (nSPS) is 24.0. The third-order valence-electron chi connectivity index (χ3n) is 3.19. The average Bonchev–Trinajstić information content (AvgIpc) is 2.64. The van der Waals surface area contributed by atoms with Gasteiger partial charge in [0.2, 0.25) is 5.91 Å². The fourth-order valence-corrected chi connectivity index (χ4v) is 2.21. The van der Waals surface area contributed by atoms with Gasteiger partial charge < -0.3 is 21.5 Å². The van der Waals surface area contributed by atoms with E-state index in [0.717, 1.165) is 11.3 Å². The summed E-state index contributed by atoms with van der Waals surface area (Å²) in [6.07, 6.45) is -0.121. The van der Waals surface area contributed by atoms with E-state index in [1.165, 1.54) is 0 Å². The molecule has 17 heavy (non-hydrogen) atoms. The van der Waals surface area contributed by atoms with Crippen LogP contribution in [0.5, 0.6) is 0 Å². The second-order valence-electron chi connectivity index (χ2n) is 4.50. The summed E-state index contributed by atoms with van der Waals surface area (Å²) in [5, 5.41) is 9.63. The largest absolute Gasteiger partial charge is 0.399 e. The Balaban J connectivity index is 2.31. The molecular weight excluding hydrogens is 218 g/mol. The maximum atomic E-state index is 11.3. The summed E-state index contributed by atoms with van der Waals surface area (Å²) in [4.78, 5) is 13.2. The van der Waals surface area contributed by atoms with Crippen LogP contribution in [0.4, 0.5) is 11.4 Å². The van der Waals surface area contributed by atoms with Crippen molar-refractivity contribution < 1.29 is 9.90 Å². The van der Waals surface area contributed by atoms with Crippen LogP contribution in [0.2, 0.25) is 0 Å². The average molecular weight is 235 g/mol. The Morgan fingerprint density at radius 2 is 2.24 bits per heavy atom. The molecule has 0 aliphatic carbocycles. The third-order valence-corrected chi connectivity index (χ3v) is 3.19. The summed E-state index contributed by atoms with van der Waals surface area (Å²) in [6.45, 7) is 2.33. The highest BCUT2D eigenvalue weighted by Gasteiger charge is 2.34. The first-order chi connectivity index (χ1) is 7.99. The van der Waals surface area contributed by atoms with Crippen molar-refractivity contribution in [3.8, 4) is 0 Å². The minimum atomic E-state index is -0.509. The van der Waals surface area contributed by atoms with E-state index in [1.54, 1.807) is 6.07 Å². The van der Waals surface area contributed by atoms with Crippen LogP contribution in [0.3, 0.4) is 0 Å². The predicted octanol–water partition coefficient (Wildman–Crippen LogP) is 0.00212. The van der Waals surface area contributed by atoms with Crippen LogP contribution in [0.1, 0.15) is 12.0 Å². The van der Waals surface area contributed by atoms with E-state index in [9.17, 15) is 9.90 Å². The van der Waals surface area contributed by atoms with Gasteiger partial charge in [0.1, 0.15) is 6.04 Å². The van der Waals surface area contributed by atoms with E-state index in [2.05, 4.69) is 0 Å². The Bertz CT molecular complexity index is 447. The molecular formula is C12H17N3O2. The Kier molecular flexibility index (Phi) is 2.93. The summed E-state index contributed by atoms with van der Waals surface area (Å²) in [6, 6.07) is 5.11. The van der Waals surface area contributed by atoms with E-state index in [1.807, 2.05) is 24.0 Å². The zero-order valence-electron chi connectivity index (χ0n) is 9.76. The molecule has 0 bridgehead atoms. The van der Waals surface area contributed by atoms with E-state index < -0.39 is 18.1 Å². The highest BCUT2D eigenvalue weighted by Crippen LogP contribution is 2.28. The molecule has 2 atom stereocenters. The van der Waals surface area contributed by atoms with Gasteiger partial charge in [-0.15, -0.1) is 0 Å². The number of nitrogen functional groups attached to an aromatic ring is 1. The lowest BCUT2D eigenvalue weighted by Gasteiger charge is -2.24. The first kappa shape index (κ1) is 11.7. The molecule has 1 saturated heterocycles. The summed E-state index contributed by atoms with van der Waals surface area (Å²) in [5.41, 5.74) is 13.6. The quantitative estimate of drug-likeness (QED) is 0.629. The zero-order chi connectivity index (χ0) is 12.6. The number of amides is 1. The Hall–Kier alpha value is -1.75. The van der Waals surface area contributed by atoms with Crippen LogP contribution in [-0.4, -0.2) is 29.7 Å². The first-order valence-electron chi connectivity index (χ1n) is 5.59. The number of primary amides is 1. The van der Waals surface area contributed by atoms with Crippen molar-refractivity contribution in [3.63, 3.8) is 0 Å². The van der Waals surface area contributed by atoms with Crippen LogP contribution < -0.4 is 16.4 Å². The molecule has 1 amide bonds. The lowest BCUT2D eigenvalue weighted by molar-refractivity contribution is -0.119. The molecule has 0 aromatic heterocycles. The van der Waals surface area contributed by atoms with Gasteiger partial charge in [-0.25, -0.2) is 0 Å². The zero-order valence-corrected chi connectivity index (χ0v) is 9.76. The van der Waals surface area contributed by atoms with Crippen molar-refractivity contribution in [2.45, 2.75) is 25.5 Å². The van der Waals surface area contributed by atoms with E-state index in [-0.39, 0.29) is 0 Å². The minimum Gasteiger partial charge on any atom is -0.399 e. The van der Waals surface area contributed by atoms with E-state index >= 15 is 0 Å². The lowest BCUT2D eigenvalue weighted by atomic mass is 10.1. The molecule has 5 nitrogen and oxygen atoms in total. The molecule has 2 rings (SSSR count). The van der Waals surface area contributed by atoms with Gasteiger partial charge in [-0.2, -0.15) is 0 Å². The number of hydrogen-bond acceptors (Lipinski definition) is 4. The van der Waals surface area contributed by atoms with Crippen molar-refractivity contribution in [3.05, 3.63) is 23.8 Å². The van der Waals surface area contributed by atoms with Crippen LogP contribution in [-0.2, 0) is 4.79 Å². The molecule has 1 fully saturated rings. The van der Waals surface area contributed by atoms with Gasteiger partial charge in [0, 0.05) is 24.3 Å². The molecule has 0 saturated carbocycles. The minimum absolute atomic E-state index is 0.388. The Morgan fingerprint density at radius 1 is 1.53 bits per heavy atom. The molecule has 1 aliphatic heterocycles. The van der Waals surface area contributed by atoms with Gasteiger partial charge in [0.15, 0.2) is 0 Å². The van der Waals surface area contributed by atoms with Gasteiger partial charge in [0.25, 0.3) is 0 Å². The number of β-amino-alcohol motifs (C(OH)–C–C–N with tert-alkyl or cyclic N) is 1. The standard InChI is InChI=1S/C12H17N3O2/c1-7-4-8(2-3-10(7)13)15-6-9(16)5-11(15)12(14)17/h2-4,9,11,16H,5-6,13H2,1H3,(H2,14,17). The van der Waals surface area contributed by atoms with Gasteiger partial charge in [-0.3, -0.25) is 4.79 Å². The monoisotopic (exact) mass is 235 g/mol. The van der Waals surface area contributed by atoms with Gasteiger partial charge in [-0.1, -0.05) is 0 Å². The van der Waals surface area contributed by atoms with Crippen LogP contribution in [0.25, 0.3) is 0 Å². The number of hydrogen-bond donors (Lipinski definition) is 3. The molecule has 0 radical (unpaired) electrons. The summed E-state index contributed by atoms with van der Waals surface area (Å²) in [5.74, 6) is -0.406. The molecule has 5 N–H and O–H groups in total. The highest BCUT2D eigenvalue weighted by molar-refractivity contribution is 5.84. The van der Waals surface area contributed by atoms with Crippen molar-refractivity contribution >= 4 is 17.3 Å². The molecule has 1 aromatic rings. The summed E-state index contributed by atoms with van der Waals surface area (Å²) in [7, 11) is 0. The molecule has 5 heteroatoms. The number of carbonyl (C=O) groups excluding carboxylic acids is 1. The first-order valence-corrected chi connectivity index (χ1v) is 5.59. The molecule has 2 unspecified atom stereocenters. The van der Waals surface area contributed by atoms with Gasteiger partial charge >= 0.3 is 0 Å². The number of nitrogens with two attached hydrogens (primary N) is 2. The number of benzene rings is 1. The van der Waals surface area contributed by atoms with E-state index in [0.29, 0.717) is 18.7 Å². The smallest absolute Gasteiger partial charge is 0.240 e. The van der Waals surface area contributed by atoms with Crippen LogP contribution >= 0.6 is 0 Å². The molecule has 1 heterocycles. The fraction of sp³-hybridized carbons (Fsp3) is 0.417. The van der Waals surface area contributed by atoms with Crippen LogP contribution in [0, 0.1) is 6.92 Å². The number of aliphatic hydroxyl groups excluding tert-OH is 1. The van der Waals surface area contributed by atoms with Crippen LogP contribution in [0.15, 0.2) is 18.2 Å². The molecule has 1 aromatic carbocycles. The van der Waals surface area contributed by atoms with Crippen molar-refractivity contribution in [1.82, 2.24) is 0 Å². The molecule has 0 spiro atoms. The number of carbonyl (C=O) groups is 1. The van der Waals surface area contributed by atoms with Crippen molar-refractivity contribution in [2.24, 2.45) is 5.73 Å². The third kappa shape index (κ3) is 2.19. The fourth-order valence-electron chi connectivity index (χ4n) is 2.21.